The number of phenolic OH excluding ortho intramolecular Hbond substituents is 4. The fourth-order valence-electron chi connectivity index (χ4n) is 3.93. The number of benzene rings is 2. The molecule has 196 valence electrons. The predicted molar refractivity (Wildman–Crippen MR) is 106 cm³/mol. The topological polar surface area (TPSA) is 180 Å². The SMILES string of the molecule is O=C(Nc1cc(O)cc(O)c1C1C(O)C(c2c(O)cc(O)cc2NC(=O)C(F)(F)F)C1O)C(F)(F)F. The van der Waals surface area contributed by atoms with Crippen molar-refractivity contribution in [2.45, 2.75) is 36.4 Å². The Hall–Kier alpha value is -3.92. The lowest BCUT2D eigenvalue weighted by molar-refractivity contribution is -0.167. The van der Waals surface area contributed by atoms with Crippen LogP contribution in [0.3, 0.4) is 0 Å². The van der Waals surface area contributed by atoms with Crippen LogP contribution in [0.2, 0.25) is 0 Å². The van der Waals surface area contributed by atoms with E-state index in [9.17, 15) is 66.6 Å². The highest BCUT2D eigenvalue weighted by molar-refractivity contribution is 5.97. The van der Waals surface area contributed by atoms with Crippen molar-refractivity contribution in [1.82, 2.24) is 0 Å². The van der Waals surface area contributed by atoms with Gasteiger partial charge in [0.25, 0.3) is 0 Å². The summed E-state index contributed by atoms with van der Waals surface area (Å²) < 4.78 is 76.3. The molecule has 16 heteroatoms. The van der Waals surface area contributed by atoms with Crippen molar-refractivity contribution in [1.29, 1.82) is 0 Å². The first-order valence-electron chi connectivity index (χ1n) is 9.67. The van der Waals surface area contributed by atoms with Gasteiger partial charge in [-0.3, -0.25) is 9.59 Å². The van der Waals surface area contributed by atoms with E-state index in [0.717, 1.165) is 0 Å². The number of amides is 2. The second-order valence-corrected chi connectivity index (χ2v) is 7.79. The minimum Gasteiger partial charge on any atom is -0.508 e. The molecule has 1 aliphatic carbocycles. The van der Waals surface area contributed by atoms with Gasteiger partial charge in [-0.25, -0.2) is 0 Å². The summed E-state index contributed by atoms with van der Waals surface area (Å²) >= 11 is 0. The average Bonchev–Trinajstić information content (AvgIpc) is 2.71. The molecule has 0 heterocycles. The van der Waals surface area contributed by atoms with Crippen LogP contribution in [-0.4, -0.2) is 67.0 Å². The molecule has 10 nitrogen and oxygen atoms in total. The van der Waals surface area contributed by atoms with Crippen molar-refractivity contribution in [3.63, 3.8) is 0 Å². The van der Waals surface area contributed by atoms with Crippen molar-refractivity contribution < 1.29 is 66.6 Å². The number of nitrogens with one attached hydrogen (secondary N) is 2. The number of carbonyl (C=O) groups excluding carboxylic acids is 2. The third-order valence-electron chi connectivity index (χ3n) is 5.44. The minimum atomic E-state index is -5.40. The molecule has 0 saturated heterocycles. The molecule has 1 fully saturated rings. The summed E-state index contributed by atoms with van der Waals surface area (Å²) in [6.45, 7) is 0. The molecule has 0 bridgehead atoms. The van der Waals surface area contributed by atoms with E-state index < -0.39 is 93.7 Å². The molecule has 0 unspecified atom stereocenters. The first-order chi connectivity index (χ1) is 16.4. The molecule has 2 aromatic rings. The van der Waals surface area contributed by atoms with E-state index in [0.29, 0.717) is 24.3 Å². The molecule has 0 radical (unpaired) electrons. The predicted octanol–water partition coefficient (Wildman–Crippen LogP) is 2.11. The zero-order chi connectivity index (χ0) is 27.3. The van der Waals surface area contributed by atoms with Gasteiger partial charge in [0.1, 0.15) is 23.0 Å². The van der Waals surface area contributed by atoms with Crippen molar-refractivity contribution in [2.24, 2.45) is 0 Å². The van der Waals surface area contributed by atoms with Gasteiger partial charge in [0, 0.05) is 47.2 Å². The van der Waals surface area contributed by atoms with Crippen LogP contribution in [0.25, 0.3) is 0 Å². The Labute approximate surface area is 196 Å². The monoisotopic (exact) mass is 526 g/mol. The molecule has 0 aromatic heterocycles. The van der Waals surface area contributed by atoms with Crippen molar-refractivity contribution >= 4 is 23.2 Å². The van der Waals surface area contributed by atoms with E-state index in [2.05, 4.69) is 0 Å². The number of alkyl halides is 6. The van der Waals surface area contributed by atoms with E-state index >= 15 is 0 Å². The van der Waals surface area contributed by atoms with Crippen molar-refractivity contribution in [3.8, 4) is 23.0 Å². The first kappa shape index (κ1) is 26.7. The van der Waals surface area contributed by atoms with Gasteiger partial charge in [-0.2, -0.15) is 26.3 Å². The van der Waals surface area contributed by atoms with E-state index in [4.69, 9.17) is 0 Å². The van der Waals surface area contributed by atoms with Crippen LogP contribution in [0.4, 0.5) is 37.7 Å². The molecule has 2 amide bonds. The largest absolute Gasteiger partial charge is 0.508 e. The average molecular weight is 526 g/mol. The second-order valence-electron chi connectivity index (χ2n) is 7.79. The standard InChI is InChI=1S/C20H16F6N2O8/c21-19(22,23)17(35)27-7-1-5(29)3-9(31)11(7)13-15(33)14(16(13)34)12-8(2-6(30)4-10(12)32)28-18(36)20(24,25)26/h1-4,13-16,29-34H,(H,27,35)(H,28,36). The molecular weight excluding hydrogens is 510 g/mol. The van der Waals surface area contributed by atoms with Gasteiger partial charge in [-0.05, 0) is 0 Å². The Bertz CT molecular complexity index is 1110. The lowest BCUT2D eigenvalue weighted by Gasteiger charge is -2.48. The summed E-state index contributed by atoms with van der Waals surface area (Å²) in [5, 5.41) is 63.7. The van der Waals surface area contributed by atoms with Crippen LogP contribution >= 0.6 is 0 Å². The van der Waals surface area contributed by atoms with Crippen LogP contribution in [0.1, 0.15) is 23.0 Å². The summed E-state index contributed by atoms with van der Waals surface area (Å²) in [5.74, 6) is -12.0. The molecule has 8 N–H and O–H groups in total. The number of halogens is 6. The zero-order valence-electron chi connectivity index (χ0n) is 17.4. The maximum atomic E-state index is 12.7. The number of aromatic hydroxyl groups is 4. The molecule has 0 spiro atoms. The molecule has 3 rings (SSSR count). The fourth-order valence-corrected chi connectivity index (χ4v) is 3.93. The summed E-state index contributed by atoms with van der Waals surface area (Å²) in [7, 11) is 0. The fraction of sp³-hybridized carbons (Fsp3) is 0.300. The van der Waals surface area contributed by atoms with Gasteiger partial charge in [0.2, 0.25) is 0 Å². The Kier molecular flexibility index (Phi) is 6.63. The van der Waals surface area contributed by atoms with Gasteiger partial charge in [0.15, 0.2) is 0 Å². The summed E-state index contributed by atoms with van der Waals surface area (Å²) in [5.41, 5.74) is -3.03. The third kappa shape index (κ3) is 4.90. The number of hydrogen-bond acceptors (Lipinski definition) is 8. The summed E-state index contributed by atoms with van der Waals surface area (Å²) in [4.78, 5) is 22.8. The molecule has 0 atom stereocenters. The number of aliphatic hydroxyl groups excluding tert-OH is 2. The highest BCUT2D eigenvalue weighted by Crippen LogP contribution is 2.56. The van der Waals surface area contributed by atoms with Crippen molar-refractivity contribution in [2.75, 3.05) is 10.6 Å². The van der Waals surface area contributed by atoms with Gasteiger partial charge >= 0.3 is 24.2 Å². The number of hydrogen-bond donors (Lipinski definition) is 8. The van der Waals surface area contributed by atoms with Gasteiger partial charge < -0.3 is 41.3 Å². The number of anilines is 2. The Morgan fingerprint density at radius 3 is 1.22 bits per heavy atom. The maximum absolute atomic E-state index is 12.7. The highest BCUT2D eigenvalue weighted by Gasteiger charge is 2.54. The maximum Gasteiger partial charge on any atom is 0.471 e. The lowest BCUT2D eigenvalue weighted by Crippen LogP contribution is -2.52. The van der Waals surface area contributed by atoms with Crippen LogP contribution in [0, 0.1) is 0 Å². The van der Waals surface area contributed by atoms with E-state index in [1.54, 1.807) is 0 Å². The Balaban J connectivity index is 2.03. The molecule has 2 aromatic carbocycles. The van der Waals surface area contributed by atoms with Gasteiger partial charge in [-0.15, -0.1) is 0 Å². The van der Waals surface area contributed by atoms with E-state index in [-0.39, 0.29) is 0 Å². The number of rotatable bonds is 4. The molecule has 1 saturated carbocycles. The lowest BCUT2D eigenvalue weighted by atomic mass is 9.62. The Morgan fingerprint density at radius 2 is 0.944 bits per heavy atom. The second kappa shape index (κ2) is 8.94. The third-order valence-corrected chi connectivity index (χ3v) is 5.44. The number of phenols is 4. The van der Waals surface area contributed by atoms with Crippen molar-refractivity contribution in [3.05, 3.63) is 35.4 Å². The number of aliphatic hydroxyl groups is 2. The van der Waals surface area contributed by atoms with Crippen LogP contribution in [-0.2, 0) is 9.59 Å². The van der Waals surface area contributed by atoms with Crippen LogP contribution in [0.5, 0.6) is 23.0 Å². The van der Waals surface area contributed by atoms with Crippen LogP contribution in [0.15, 0.2) is 24.3 Å². The number of carbonyl (C=O) groups is 2. The molecular formula is C20H16F6N2O8. The molecule has 1 aliphatic rings. The van der Waals surface area contributed by atoms with Gasteiger partial charge in [-0.1, -0.05) is 0 Å². The zero-order valence-corrected chi connectivity index (χ0v) is 17.4. The highest BCUT2D eigenvalue weighted by atomic mass is 19.4. The van der Waals surface area contributed by atoms with Gasteiger partial charge in [0.05, 0.1) is 23.6 Å². The van der Waals surface area contributed by atoms with Crippen LogP contribution < -0.4 is 10.6 Å². The quantitative estimate of drug-likeness (QED) is 0.279. The minimum absolute atomic E-state index is 0.582. The summed E-state index contributed by atoms with van der Waals surface area (Å²) in [6.07, 6.45) is -14.7. The molecule has 36 heavy (non-hydrogen) atoms. The summed E-state index contributed by atoms with van der Waals surface area (Å²) in [6, 6.07) is 2.41. The Morgan fingerprint density at radius 1 is 0.639 bits per heavy atom. The first-order valence-corrected chi connectivity index (χ1v) is 9.67. The normalized spacial score (nSPS) is 22.0. The van der Waals surface area contributed by atoms with E-state index in [1.165, 1.54) is 10.6 Å². The molecule has 0 aliphatic heterocycles. The smallest absolute Gasteiger partial charge is 0.471 e. The van der Waals surface area contributed by atoms with E-state index in [1.807, 2.05) is 0 Å².